The lowest BCUT2D eigenvalue weighted by atomic mass is 10.1. The van der Waals surface area contributed by atoms with Gasteiger partial charge in [0.15, 0.2) is 0 Å². The highest BCUT2D eigenvalue weighted by molar-refractivity contribution is 6.32. The Morgan fingerprint density at radius 1 is 0.889 bits per heavy atom. The topological polar surface area (TPSA) is 57.3 Å². The third-order valence-corrected chi connectivity index (χ3v) is 4.25. The normalized spacial score (nSPS) is 10.7. The van der Waals surface area contributed by atoms with E-state index < -0.39 is 5.76 Å². The molecule has 0 aliphatic rings. The number of hydrogen-bond donors (Lipinski definition) is 0. The minimum Gasteiger partial charge on any atom is -0.457 e. The molecule has 1 aromatic heterocycles. The number of para-hydroxylation sites is 2. The van der Waals surface area contributed by atoms with Crippen molar-refractivity contribution in [2.24, 2.45) is 0 Å². The minimum atomic E-state index is -0.567. The first-order valence-electron chi connectivity index (χ1n) is 8.35. The van der Waals surface area contributed by atoms with Crippen LogP contribution < -0.4 is 10.5 Å². The molecular formula is C21H15ClN2O3. The summed E-state index contributed by atoms with van der Waals surface area (Å²) in [4.78, 5) is 12.1. The first kappa shape index (κ1) is 17.1. The van der Waals surface area contributed by atoms with Crippen LogP contribution in [0.3, 0.4) is 0 Å². The van der Waals surface area contributed by atoms with E-state index in [1.807, 2.05) is 54.6 Å². The molecule has 0 aliphatic heterocycles. The average molecular weight is 379 g/mol. The zero-order chi connectivity index (χ0) is 18.6. The van der Waals surface area contributed by atoms with E-state index in [4.69, 9.17) is 20.8 Å². The van der Waals surface area contributed by atoms with Crippen LogP contribution in [-0.4, -0.2) is 9.78 Å². The second-order valence-electron chi connectivity index (χ2n) is 5.86. The van der Waals surface area contributed by atoms with E-state index in [0.717, 1.165) is 17.1 Å². The lowest BCUT2D eigenvalue weighted by Gasteiger charge is -2.06. The van der Waals surface area contributed by atoms with Gasteiger partial charge in [-0.05, 0) is 42.0 Å². The Labute approximate surface area is 160 Å². The third-order valence-electron chi connectivity index (χ3n) is 3.93. The maximum absolute atomic E-state index is 12.1. The van der Waals surface area contributed by atoms with Gasteiger partial charge in [0.2, 0.25) is 5.89 Å². The van der Waals surface area contributed by atoms with Crippen molar-refractivity contribution in [3.05, 3.63) is 106 Å². The second kappa shape index (κ2) is 7.51. The number of halogens is 1. The second-order valence-corrected chi connectivity index (χ2v) is 6.27. The summed E-state index contributed by atoms with van der Waals surface area (Å²) < 4.78 is 12.2. The molecular weight excluding hydrogens is 364 g/mol. The lowest BCUT2D eigenvalue weighted by Crippen LogP contribution is -2.13. The fraction of sp³-hybridized carbons (Fsp3) is 0.0476. The van der Waals surface area contributed by atoms with Gasteiger partial charge in [-0.2, -0.15) is 4.68 Å². The van der Waals surface area contributed by atoms with E-state index in [1.54, 1.807) is 24.3 Å². The van der Waals surface area contributed by atoms with Gasteiger partial charge in [0, 0.05) is 0 Å². The van der Waals surface area contributed by atoms with Crippen LogP contribution in [0.25, 0.3) is 5.69 Å². The van der Waals surface area contributed by atoms with Crippen molar-refractivity contribution >= 4 is 11.6 Å². The average Bonchev–Trinajstić information content (AvgIpc) is 3.04. The fourth-order valence-corrected chi connectivity index (χ4v) is 2.85. The zero-order valence-electron chi connectivity index (χ0n) is 14.2. The summed E-state index contributed by atoms with van der Waals surface area (Å²) in [6.45, 7) is 0. The van der Waals surface area contributed by atoms with Crippen LogP contribution >= 0.6 is 11.6 Å². The van der Waals surface area contributed by atoms with Gasteiger partial charge in [-0.3, -0.25) is 0 Å². The lowest BCUT2D eigenvalue weighted by molar-refractivity contribution is 0.466. The Kier molecular flexibility index (Phi) is 4.77. The van der Waals surface area contributed by atoms with Crippen LogP contribution in [0.4, 0.5) is 0 Å². The fourth-order valence-electron chi connectivity index (χ4n) is 2.64. The number of ether oxygens (including phenoxy) is 1. The number of benzene rings is 3. The van der Waals surface area contributed by atoms with Crippen molar-refractivity contribution in [2.75, 3.05) is 0 Å². The largest absolute Gasteiger partial charge is 0.457 e. The van der Waals surface area contributed by atoms with Gasteiger partial charge in [0.05, 0.1) is 17.1 Å². The Morgan fingerprint density at radius 3 is 2.30 bits per heavy atom. The molecule has 0 bridgehead atoms. The molecule has 3 aromatic carbocycles. The molecule has 0 amide bonds. The van der Waals surface area contributed by atoms with Crippen molar-refractivity contribution in [3.8, 4) is 17.2 Å². The maximum Gasteiger partial charge on any atom is 0.442 e. The first-order chi connectivity index (χ1) is 13.2. The van der Waals surface area contributed by atoms with Crippen LogP contribution in [0.15, 0.2) is 88.1 Å². The summed E-state index contributed by atoms with van der Waals surface area (Å²) in [6.07, 6.45) is 0.387. The summed E-state index contributed by atoms with van der Waals surface area (Å²) >= 11 is 6.13. The SMILES string of the molecule is O=c1oc(Cc2ccc(Oc3ccccc3)cc2)nn1-c1ccccc1Cl. The van der Waals surface area contributed by atoms with Gasteiger partial charge >= 0.3 is 5.76 Å². The molecule has 27 heavy (non-hydrogen) atoms. The van der Waals surface area contributed by atoms with E-state index in [-0.39, 0.29) is 0 Å². The molecule has 0 aliphatic carbocycles. The molecule has 0 atom stereocenters. The Balaban J connectivity index is 1.51. The van der Waals surface area contributed by atoms with Crippen molar-refractivity contribution in [1.29, 1.82) is 0 Å². The predicted octanol–water partition coefficient (Wildman–Crippen LogP) is 4.86. The highest BCUT2D eigenvalue weighted by Crippen LogP contribution is 2.22. The van der Waals surface area contributed by atoms with Gasteiger partial charge < -0.3 is 9.15 Å². The highest BCUT2D eigenvalue weighted by Gasteiger charge is 2.12. The molecule has 134 valence electrons. The predicted molar refractivity (Wildman–Crippen MR) is 103 cm³/mol. The van der Waals surface area contributed by atoms with Crippen molar-refractivity contribution < 1.29 is 9.15 Å². The zero-order valence-corrected chi connectivity index (χ0v) is 15.0. The number of hydrogen-bond acceptors (Lipinski definition) is 4. The molecule has 0 radical (unpaired) electrons. The van der Waals surface area contributed by atoms with Gasteiger partial charge in [-0.1, -0.05) is 54.1 Å². The summed E-state index contributed by atoms with van der Waals surface area (Å²) in [5, 5.41) is 4.68. The van der Waals surface area contributed by atoms with Gasteiger partial charge in [-0.15, -0.1) is 5.10 Å². The number of rotatable bonds is 5. The molecule has 4 aromatic rings. The van der Waals surface area contributed by atoms with Gasteiger partial charge in [-0.25, -0.2) is 4.79 Å². The Morgan fingerprint density at radius 2 is 1.56 bits per heavy atom. The quantitative estimate of drug-likeness (QED) is 0.497. The van der Waals surface area contributed by atoms with E-state index >= 15 is 0 Å². The molecule has 0 unspecified atom stereocenters. The summed E-state index contributed by atoms with van der Waals surface area (Å²) in [7, 11) is 0. The van der Waals surface area contributed by atoms with Crippen molar-refractivity contribution in [1.82, 2.24) is 9.78 Å². The summed E-state index contributed by atoms with van der Waals surface area (Å²) in [6, 6.07) is 24.1. The number of aromatic nitrogens is 2. The minimum absolute atomic E-state index is 0.316. The van der Waals surface area contributed by atoms with E-state index in [0.29, 0.717) is 23.0 Å². The van der Waals surface area contributed by atoms with E-state index in [1.165, 1.54) is 4.68 Å². The van der Waals surface area contributed by atoms with E-state index in [9.17, 15) is 4.79 Å². The molecule has 0 N–H and O–H groups in total. The van der Waals surface area contributed by atoms with Gasteiger partial charge in [0.25, 0.3) is 0 Å². The van der Waals surface area contributed by atoms with Crippen LogP contribution in [0.2, 0.25) is 5.02 Å². The molecule has 0 fully saturated rings. The smallest absolute Gasteiger partial charge is 0.442 e. The van der Waals surface area contributed by atoms with Crippen LogP contribution in [0, 0.1) is 0 Å². The molecule has 4 rings (SSSR count). The number of nitrogens with zero attached hydrogens (tertiary/aromatic N) is 2. The summed E-state index contributed by atoms with van der Waals surface area (Å²) in [5.74, 6) is 1.25. The molecule has 6 heteroatoms. The van der Waals surface area contributed by atoms with Crippen molar-refractivity contribution in [3.63, 3.8) is 0 Å². The molecule has 0 saturated heterocycles. The van der Waals surface area contributed by atoms with Crippen LogP contribution in [-0.2, 0) is 6.42 Å². The van der Waals surface area contributed by atoms with Crippen LogP contribution in [0.5, 0.6) is 11.5 Å². The van der Waals surface area contributed by atoms with E-state index in [2.05, 4.69) is 5.10 Å². The molecule has 1 heterocycles. The third kappa shape index (κ3) is 3.93. The van der Waals surface area contributed by atoms with Crippen LogP contribution in [0.1, 0.15) is 11.5 Å². The Bertz CT molecular complexity index is 1100. The standard InChI is InChI=1S/C21H15ClN2O3/c22-18-8-4-5-9-19(18)24-21(25)27-20(23-24)14-15-10-12-17(13-11-15)26-16-6-2-1-3-7-16/h1-13H,14H2. The first-order valence-corrected chi connectivity index (χ1v) is 8.72. The maximum atomic E-state index is 12.1. The van der Waals surface area contributed by atoms with Crippen molar-refractivity contribution in [2.45, 2.75) is 6.42 Å². The Hall–Kier alpha value is -3.31. The summed E-state index contributed by atoms with van der Waals surface area (Å²) in [5.41, 5.74) is 1.44. The molecule has 0 saturated carbocycles. The molecule has 0 spiro atoms. The molecule has 5 nitrogen and oxygen atoms in total. The van der Waals surface area contributed by atoms with Gasteiger partial charge in [0.1, 0.15) is 11.5 Å². The monoisotopic (exact) mass is 378 g/mol. The highest BCUT2D eigenvalue weighted by atomic mass is 35.5.